The highest BCUT2D eigenvalue weighted by atomic mass is 16.2. The summed E-state index contributed by atoms with van der Waals surface area (Å²) in [5.41, 5.74) is 4.87. The van der Waals surface area contributed by atoms with Gasteiger partial charge in [0, 0.05) is 6.04 Å². The molecule has 2 amide bonds. The molecule has 0 bridgehead atoms. The summed E-state index contributed by atoms with van der Waals surface area (Å²) in [6.45, 7) is 3.78. The Morgan fingerprint density at radius 2 is 2.22 bits per heavy atom. The maximum atomic E-state index is 10.3. The predicted octanol–water partition coefficient (Wildman–Crippen LogP) is 0.0393. The number of primary amides is 1. The number of hydrogen-bond donors (Lipinski definition) is 2. The highest BCUT2D eigenvalue weighted by Crippen LogP contribution is 1.95. The van der Waals surface area contributed by atoms with Crippen LogP contribution in [0.2, 0.25) is 0 Å². The summed E-state index contributed by atoms with van der Waals surface area (Å²) >= 11 is 0. The van der Waals surface area contributed by atoms with Crippen molar-refractivity contribution < 1.29 is 4.79 Å². The first-order valence-corrected chi connectivity index (χ1v) is 2.93. The summed E-state index contributed by atoms with van der Waals surface area (Å²) < 4.78 is 0. The number of urea groups is 1. The van der Waals surface area contributed by atoms with Crippen molar-refractivity contribution in [1.82, 2.24) is 5.01 Å². The lowest BCUT2D eigenvalue weighted by atomic mass is 10.2. The fourth-order valence-electron chi connectivity index (χ4n) is 0.414. The van der Waals surface area contributed by atoms with Gasteiger partial charge < -0.3 is 5.73 Å². The van der Waals surface area contributed by atoms with E-state index in [0.29, 0.717) is 0 Å². The van der Waals surface area contributed by atoms with E-state index in [4.69, 9.17) is 11.6 Å². The van der Waals surface area contributed by atoms with Gasteiger partial charge >= 0.3 is 6.03 Å². The van der Waals surface area contributed by atoms with Gasteiger partial charge in [0.2, 0.25) is 0 Å². The Morgan fingerprint density at radius 1 is 1.78 bits per heavy atom. The van der Waals surface area contributed by atoms with Crippen LogP contribution in [-0.4, -0.2) is 17.1 Å². The van der Waals surface area contributed by atoms with Crippen LogP contribution in [0.25, 0.3) is 0 Å². The molecule has 0 aromatic carbocycles. The highest BCUT2D eigenvalue weighted by Gasteiger charge is 2.09. The normalized spacial score (nSPS) is 12.8. The first-order valence-electron chi connectivity index (χ1n) is 2.93. The number of rotatable bonds is 2. The topological polar surface area (TPSA) is 72.3 Å². The van der Waals surface area contributed by atoms with Crippen LogP contribution >= 0.6 is 0 Å². The van der Waals surface area contributed by atoms with Crippen LogP contribution in [0.1, 0.15) is 20.3 Å². The Labute approximate surface area is 54.8 Å². The molecule has 0 fully saturated rings. The average molecular weight is 131 g/mol. The monoisotopic (exact) mass is 131 g/mol. The van der Waals surface area contributed by atoms with Crippen molar-refractivity contribution in [3.8, 4) is 0 Å². The summed E-state index contributed by atoms with van der Waals surface area (Å²) in [5.74, 6) is 5.23. The molecule has 0 heterocycles. The number of nitrogens with zero attached hydrogens (tertiary/aromatic N) is 1. The molecule has 4 N–H and O–H groups in total. The summed E-state index contributed by atoms with van der Waals surface area (Å²) in [6.07, 6.45) is 0.819. The SMILES string of the molecule is CCC(C)N(N)C(N)=O. The molecular weight excluding hydrogens is 118 g/mol. The second-order valence-electron chi connectivity index (χ2n) is 2.00. The molecule has 4 nitrogen and oxygen atoms in total. The third-order valence-corrected chi connectivity index (χ3v) is 1.32. The zero-order chi connectivity index (χ0) is 7.44. The smallest absolute Gasteiger partial charge is 0.329 e. The quantitative estimate of drug-likeness (QED) is 0.315. The minimum atomic E-state index is -0.579. The highest BCUT2D eigenvalue weighted by molar-refractivity contribution is 5.71. The summed E-state index contributed by atoms with van der Waals surface area (Å²) in [6, 6.07) is -0.549. The third kappa shape index (κ3) is 2.32. The van der Waals surface area contributed by atoms with Crippen LogP contribution in [-0.2, 0) is 0 Å². The average Bonchev–Trinajstić information content (AvgIpc) is 1.84. The zero-order valence-electron chi connectivity index (χ0n) is 5.79. The van der Waals surface area contributed by atoms with E-state index in [1.54, 1.807) is 0 Å². The van der Waals surface area contributed by atoms with Crippen molar-refractivity contribution in [2.45, 2.75) is 26.3 Å². The van der Waals surface area contributed by atoms with E-state index in [1.165, 1.54) is 0 Å². The molecule has 0 aromatic rings. The van der Waals surface area contributed by atoms with Gasteiger partial charge in [0.25, 0.3) is 0 Å². The first-order chi connectivity index (χ1) is 4.09. The molecule has 0 aliphatic rings. The van der Waals surface area contributed by atoms with Gasteiger partial charge in [-0.1, -0.05) is 6.92 Å². The predicted molar refractivity (Wildman–Crippen MR) is 35.4 cm³/mol. The van der Waals surface area contributed by atoms with Gasteiger partial charge in [-0.2, -0.15) is 0 Å². The summed E-state index contributed by atoms with van der Waals surface area (Å²) in [4.78, 5) is 10.3. The standard InChI is InChI=1S/C5H13N3O/c1-3-4(2)8(7)5(6)9/h4H,3,7H2,1-2H3,(H2,6,9). The van der Waals surface area contributed by atoms with E-state index in [-0.39, 0.29) is 6.04 Å². The van der Waals surface area contributed by atoms with Gasteiger partial charge in [-0.25, -0.2) is 10.6 Å². The lowest BCUT2D eigenvalue weighted by Crippen LogP contribution is -2.46. The van der Waals surface area contributed by atoms with Crippen molar-refractivity contribution in [3.63, 3.8) is 0 Å². The van der Waals surface area contributed by atoms with Crippen LogP contribution in [0.5, 0.6) is 0 Å². The van der Waals surface area contributed by atoms with Gasteiger partial charge in [0.15, 0.2) is 0 Å². The fraction of sp³-hybridized carbons (Fsp3) is 0.800. The number of nitrogens with two attached hydrogens (primary N) is 2. The first kappa shape index (κ1) is 8.23. The van der Waals surface area contributed by atoms with Crippen molar-refractivity contribution in [1.29, 1.82) is 0 Å². The maximum Gasteiger partial charge on any atom is 0.329 e. The molecule has 0 saturated heterocycles. The molecule has 4 heteroatoms. The third-order valence-electron chi connectivity index (χ3n) is 1.32. The fourth-order valence-corrected chi connectivity index (χ4v) is 0.414. The van der Waals surface area contributed by atoms with Gasteiger partial charge in [0.1, 0.15) is 0 Å². The van der Waals surface area contributed by atoms with E-state index in [0.717, 1.165) is 11.4 Å². The lowest BCUT2D eigenvalue weighted by molar-refractivity contribution is 0.188. The summed E-state index contributed by atoms with van der Waals surface area (Å²) in [5, 5.41) is 1.03. The number of carbonyl (C=O) groups is 1. The second-order valence-corrected chi connectivity index (χ2v) is 2.00. The Morgan fingerprint density at radius 3 is 2.33 bits per heavy atom. The van der Waals surface area contributed by atoms with E-state index in [1.807, 2.05) is 13.8 Å². The Kier molecular flexibility index (Phi) is 3.01. The molecule has 0 aromatic heterocycles. The molecule has 0 radical (unpaired) electrons. The van der Waals surface area contributed by atoms with Crippen molar-refractivity contribution in [2.75, 3.05) is 0 Å². The Hall–Kier alpha value is -0.770. The van der Waals surface area contributed by atoms with Crippen LogP contribution in [0, 0.1) is 0 Å². The van der Waals surface area contributed by atoms with Crippen LogP contribution < -0.4 is 11.6 Å². The molecule has 1 atom stereocenters. The minimum Gasteiger partial charge on any atom is -0.350 e. The molecule has 1 unspecified atom stereocenters. The molecular formula is C5H13N3O. The van der Waals surface area contributed by atoms with Crippen molar-refractivity contribution >= 4 is 6.03 Å². The molecule has 0 saturated carbocycles. The number of hydrazine groups is 1. The zero-order valence-corrected chi connectivity index (χ0v) is 5.79. The minimum absolute atomic E-state index is 0.0301. The Bertz CT molecular complexity index is 104. The number of carbonyl (C=O) groups excluding carboxylic acids is 1. The van der Waals surface area contributed by atoms with E-state index < -0.39 is 6.03 Å². The molecule has 54 valence electrons. The van der Waals surface area contributed by atoms with E-state index in [9.17, 15) is 4.79 Å². The summed E-state index contributed by atoms with van der Waals surface area (Å²) in [7, 11) is 0. The number of amides is 2. The molecule has 0 aliphatic heterocycles. The van der Waals surface area contributed by atoms with Crippen LogP contribution in [0.15, 0.2) is 0 Å². The van der Waals surface area contributed by atoms with E-state index in [2.05, 4.69) is 0 Å². The van der Waals surface area contributed by atoms with Crippen molar-refractivity contribution in [2.24, 2.45) is 11.6 Å². The van der Waals surface area contributed by atoms with Gasteiger partial charge in [-0.3, -0.25) is 5.01 Å². The van der Waals surface area contributed by atoms with Crippen molar-refractivity contribution in [3.05, 3.63) is 0 Å². The molecule has 0 aliphatic carbocycles. The molecule has 9 heavy (non-hydrogen) atoms. The van der Waals surface area contributed by atoms with Crippen LogP contribution in [0.4, 0.5) is 4.79 Å². The molecule has 0 rings (SSSR count). The van der Waals surface area contributed by atoms with Gasteiger partial charge in [-0.05, 0) is 13.3 Å². The van der Waals surface area contributed by atoms with Gasteiger partial charge in [0.05, 0.1) is 0 Å². The van der Waals surface area contributed by atoms with E-state index >= 15 is 0 Å². The second kappa shape index (κ2) is 3.29. The lowest BCUT2D eigenvalue weighted by Gasteiger charge is -2.19. The van der Waals surface area contributed by atoms with Gasteiger partial charge in [-0.15, -0.1) is 0 Å². The number of hydrogen-bond acceptors (Lipinski definition) is 2. The molecule has 0 spiro atoms. The Balaban J connectivity index is 3.72. The van der Waals surface area contributed by atoms with Crippen LogP contribution in [0.3, 0.4) is 0 Å². The maximum absolute atomic E-state index is 10.3. The largest absolute Gasteiger partial charge is 0.350 e.